The fourth-order valence-electron chi connectivity index (χ4n) is 1.83. The van der Waals surface area contributed by atoms with Gasteiger partial charge in [0.2, 0.25) is 5.67 Å². The lowest BCUT2D eigenvalue weighted by Gasteiger charge is -2.20. The molecule has 2 fully saturated rings. The summed E-state index contributed by atoms with van der Waals surface area (Å²) < 4.78 is 13.6. The Balaban J connectivity index is 2.30. The van der Waals surface area contributed by atoms with Crippen LogP contribution in [0, 0.1) is 5.41 Å². The van der Waals surface area contributed by atoms with Crippen molar-refractivity contribution in [3.8, 4) is 0 Å². The highest BCUT2D eigenvalue weighted by Crippen LogP contribution is 2.57. The number of rotatable bonds is 1. The van der Waals surface area contributed by atoms with Gasteiger partial charge in [-0.05, 0) is 12.8 Å². The van der Waals surface area contributed by atoms with Crippen LogP contribution in [0.15, 0.2) is 0 Å². The molecule has 4 heteroatoms. The number of carboxylic acids is 1. The Morgan fingerprint density at radius 2 is 2.09 bits per heavy atom. The number of hydrogen-bond acceptors (Lipinski definition) is 2. The molecule has 2 N–H and O–H groups in total. The summed E-state index contributed by atoms with van der Waals surface area (Å²) in [5.74, 6) is -1.31. The molecule has 62 valence electrons. The molecule has 1 aliphatic heterocycles. The highest BCUT2D eigenvalue weighted by Gasteiger charge is 2.67. The van der Waals surface area contributed by atoms with Gasteiger partial charge in [0.25, 0.3) is 0 Å². The summed E-state index contributed by atoms with van der Waals surface area (Å²) in [5, 5.41) is 11.4. The Bertz CT molecular complexity index is 214. The number of hydrogen-bond donors (Lipinski definition) is 2. The van der Waals surface area contributed by atoms with Crippen LogP contribution in [0.1, 0.15) is 12.8 Å². The minimum atomic E-state index is -1.99. The van der Waals surface area contributed by atoms with Crippen molar-refractivity contribution in [1.29, 1.82) is 0 Å². The van der Waals surface area contributed by atoms with E-state index in [0.29, 0.717) is 19.4 Å². The average molecular weight is 159 g/mol. The van der Waals surface area contributed by atoms with Crippen molar-refractivity contribution < 1.29 is 14.3 Å². The van der Waals surface area contributed by atoms with Crippen LogP contribution in [0.25, 0.3) is 0 Å². The molecule has 0 aromatic rings. The summed E-state index contributed by atoms with van der Waals surface area (Å²) in [4.78, 5) is 10.6. The third-order valence-corrected chi connectivity index (χ3v) is 2.87. The SMILES string of the molecule is O=C(O)C1(F)CNCC12CC2. The predicted octanol–water partition coefficient (Wildman–Crippen LogP) is 0.163. The lowest BCUT2D eigenvalue weighted by atomic mass is 9.90. The zero-order chi connectivity index (χ0) is 8.11. The summed E-state index contributed by atoms with van der Waals surface area (Å²) in [5.41, 5.74) is -2.55. The number of carboxylic acid groups (broad SMARTS) is 1. The molecule has 0 aromatic carbocycles. The monoisotopic (exact) mass is 159 g/mol. The van der Waals surface area contributed by atoms with Gasteiger partial charge >= 0.3 is 5.97 Å². The van der Waals surface area contributed by atoms with E-state index in [4.69, 9.17) is 5.11 Å². The van der Waals surface area contributed by atoms with E-state index in [2.05, 4.69) is 5.32 Å². The molecule has 1 atom stereocenters. The Kier molecular flexibility index (Phi) is 1.12. The van der Waals surface area contributed by atoms with Crippen LogP contribution >= 0.6 is 0 Å². The Hall–Kier alpha value is -0.640. The largest absolute Gasteiger partial charge is 0.479 e. The van der Waals surface area contributed by atoms with Crippen LogP contribution in [0.4, 0.5) is 4.39 Å². The second-order valence-electron chi connectivity index (χ2n) is 3.49. The fraction of sp³-hybridized carbons (Fsp3) is 0.857. The topological polar surface area (TPSA) is 49.3 Å². The molecule has 1 unspecified atom stereocenters. The van der Waals surface area contributed by atoms with E-state index in [1.165, 1.54) is 0 Å². The van der Waals surface area contributed by atoms with Gasteiger partial charge in [0.05, 0.1) is 0 Å². The fourth-order valence-corrected chi connectivity index (χ4v) is 1.83. The van der Waals surface area contributed by atoms with Gasteiger partial charge in [-0.3, -0.25) is 0 Å². The summed E-state index contributed by atoms with van der Waals surface area (Å²) in [6, 6.07) is 0. The zero-order valence-electron chi connectivity index (χ0n) is 6.06. The maximum atomic E-state index is 13.6. The number of carbonyl (C=O) groups is 1. The van der Waals surface area contributed by atoms with Crippen molar-refractivity contribution in [3.05, 3.63) is 0 Å². The van der Waals surface area contributed by atoms with E-state index in [1.807, 2.05) is 0 Å². The quantitative estimate of drug-likeness (QED) is 0.573. The predicted molar refractivity (Wildman–Crippen MR) is 36.0 cm³/mol. The van der Waals surface area contributed by atoms with Gasteiger partial charge in [0.1, 0.15) is 0 Å². The molecule has 0 aromatic heterocycles. The van der Waals surface area contributed by atoms with Gasteiger partial charge < -0.3 is 10.4 Å². The van der Waals surface area contributed by atoms with Crippen molar-refractivity contribution in [3.63, 3.8) is 0 Å². The Morgan fingerprint density at radius 1 is 1.45 bits per heavy atom. The highest BCUT2D eigenvalue weighted by molar-refractivity contribution is 5.80. The van der Waals surface area contributed by atoms with Crippen molar-refractivity contribution in [2.75, 3.05) is 13.1 Å². The molecule has 3 nitrogen and oxygen atoms in total. The van der Waals surface area contributed by atoms with Crippen LogP contribution in [-0.4, -0.2) is 29.8 Å². The smallest absolute Gasteiger partial charge is 0.343 e. The molecule has 1 spiro atoms. The first-order chi connectivity index (χ1) is 5.11. The Labute approximate surface area is 63.6 Å². The maximum Gasteiger partial charge on any atom is 0.343 e. The molecule has 2 aliphatic rings. The van der Waals surface area contributed by atoms with Crippen molar-refractivity contribution in [2.24, 2.45) is 5.41 Å². The third kappa shape index (κ3) is 0.677. The number of halogens is 1. The van der Waals surface area contributed by atoms with Crippen molar-refractivity contribution in [2.45, 2.75) is 18.5 Å². The molecule has 11 heavy (non-hydrogen) atoms. The van der Waals surface area contributed by atoms with Crippen molar-refractivity contribution >= 4 is 5.97 Å². The highest BCUT2D eigenvalue weighted by atomic mass is 19.1. The minimum absolute atomic E-state index is 0.0255. The molecule has 1 heterocycles. The van der Waals surface area contributed by atoms with Crippen molar-refractivity contribution in [1.82, 2.24) is 5.32 Å². The number of aliphatic carboxylic acids is 1. The number of alkyl halides is 1. The summed E-state index contributed by atoms with van der Waals surface area (Å²) in [6.07, 6.45) is 1.42. The normalized spacial score (nSPS) is 39.4. The summed E-state index contributed by atoms with van der Waals surface area (Å²) >= 11 is 0. The Morgan fingerprint density at radius 3 is 2.45 bits per heavy atom. The molecule has 1 saturated carbocycles. The van der Waals surface area contributed by atoms with Gasteiger partial charge in [-0.2, -0.15) is 0 Å². The molecular formula is C7H10FNO2. The van der Waals surface area contributed by atoms with E-state index in [-0.39, 0.29) is 6.54 Å². The van der Waals surface area contributed by atoms with E-state index in [9.17, 15) is 9.18 Å². The first-order valence-electron chi connectivity index (χ1n) is 3.74. The van der Waals surface area contributed by atoms with Crippen LogP contribution in [-0.2, 0) is 4.79 Å². The first kappa shape index (κ1) is 7.03. The van der Waals surface area contributed by atoms with Gasteiger partial charge in [0.15, 0.2) is 0 Å². The van der Waals surface area contributed by atoms with Crippen LogP contribution in [0.3, 0.4) is 0 Å². The average Bonchev–Trinajstić information content (AvgIpc) is 2.60. The molecule has 0 amide bonds. The standard InChI is InChI=1S/C7H10FNO2/c8-7(5(10)11)4-9-3-6(7)1-2-6/h9H,1-4H2,(H,10,11). The maximum absolute atomic E-state index is 13.6. The van der Waals surface area contributed by atoms with Crippen LogP contribution < -0.4 is 5.32 Å². The van der Waals surface area contributed by atoms with Crippen LogP contribution in [0.5, 0.6) is 0 Å². The van der Waals surface area contributed by atoms with Gasteiger partial charge in [0, 0.05) is 18.5 Å². The van der Waals surface area contributed by atoms with E-state index in [0.717, 1.165) is 0 Å². The lowest BCUT2D eigenvalue weighted by molar-refractivity contribution is -0.153. The summed E-state index contributed by atoms with van der Waals surface area (Å²) in [7, 11) is 0. The minimum Gasteiger partial charge on any atom is -0.479 e. The number of nitrogens with one attached hydrogen (secondary N) is 1. The molecule has 0 bridgehead atoms. The second kappa shape index (κ2) is 1.75. The van der Waals surface area contributed by atoms with Gasteiger partial charge in [-0.25, -0.2) is 9.18 Å². The first-order valence-corrected chi connectivity index (χ1v) is 3.74. The summed E-state index contributed by atoms with van der Waals surface area (Å²) in [6.45, 7) is 0.498. The van der Waals surface area contributed by atoms with E-state index in [1.54, 1.807) is 0 Å². The van der Waals surface area contributed by atoms with Gasteiger partial charge in [-0.15, -0.1) is 0 Å². The molecule has 2 rings (SSSR count). The van der Waals surface area contributed by atoms with Gasteiger partial charge in [-0.1, -0.05) is 0 Å². The zero-order valence-corrected chi connectivity index (χ0v) is 6.06. The van der Waals surface area contributed by atoms with E-state index < -0.39 is 17.1 Å². The molecular weight excluding hydrogens is 149 g/mol. The molecule has 1 saturated heterocycles. The van der Waals surface area contributed by atoms with Crippen LogP contribution in [0.2, 0.25) is 0 Å². The third-order valence-electron chi connectivity index (χ3n) is 2.87. The van der Waals surface area contributed by atoms with E-state index >= 15 is 0 Å². The molecule has 1 aliphatic carbocycles. The molecule has 0 radical (unpaired) electrons. The lowest BCUT2D eigenvalue weighted by Crippen LogP contribution is -2.42. The second-order valence-corrected chi connectivity index (χ2v) is 3.49.